The molecule has 3 aromatic rings. The van der Waals surface area contributed by atoms with Gasteiger partial charge in [-0.1, -0.05) is 11.6 Å². The van der Waals surface area contributed by atoms with Crippen molar-refractivity contribution in [2.75, 3.05) is 5.73 Å². The minimum absolute atomic E-state index is 0.725. The highest BCUT2D eigenvalue weighted by Crippen LogP contribution is 2.33. The van der Waals surface area contributed by atoms with E-state index in [1.54, 1.807) is 11.3 Å². The normalized spacial score (nSPS) is 11.2. The number of hydrogen-bond acceptors (Lipinski definition) is 3. The first kappa shape index (κ1) is 11.6. The fraction of sp³-hybridized carbons (Fsp3) is 0.154. The lowest BCUT2D eigenvalue weighted by Crippen LogP contribution is -1.97. The molecule has 0 aliphatic heterocycles. The zero-order valence-corrected chi connectivity index (χ0v) is 11.4. The molecule has 5 heteroatoms. The van der Waals surface area contributed by atoms with Gasteiger partial charge < -0.3 is 10.3 Å². The Balaban J connectivity index is 2.33. The Kier molecular flexibility index (Phi) is 2.76. The number of fused-ring (bicyclic) bond motifs is 1. The summed E-state index contributed by atoms with van der Waals surface area (Å²) in [4.78, 5) is 5.68. The van der Waals surface area contributed by atoms with E-state index in [9.17, 15) is 0 Å². The highest BCUT2D eigenvalue weighted by atomic mass is 35.5. The minimum atomic E-state index is 0.725. The van der Waals surface area contributed by atoms with Crippen molar-refractivity contribution in [3.63, 3.8) is 0 Å². The number of benzene rings is 1. The topological polar surface area (TPSA) is 43.8 Å². The molecule has 0 aliphatic rings. The molecule has 18 heavy (non-hydrogen) atoms. The molecule has 0 fully saturated rings. The first-order valence-corrected chi connectivity index (χ1v) is 6.95. The lowest BCUT2D eigenvalue weighted by atomic mass is 10.3. The zero-order valence-electron chi connectivity index (χ0n) is 9.85. The van der Waals surface area contributed by atoms with Crippen molar-refractivity contribution >= 4 is 39.7 Å². The van der Waals surface area contributed by atoms with Crippen LogP contribution < -0.4 is 5.73 Å². The van der Waals surface area contributed by atoms with Gasteiger partial charge in [0.2, 0.25) is 0 Å². The molecule has 3 nitrogen and oxygen atoms in total. The van der Waals surface area contributed by atoms with Gasteiger partial charge in [-0.05, 0) is 36.6 Å². The van der Waals surface area contributed by atoms with Crippen LogP contribution in [-0.2, 0) is 6.54 Å². The van der Waals surface area contributed by atoms with E-state index in [1.807, 2.05) is 29.6 Å². The number of anilines is 1. The van der Waals surface area contributed by atoms with Crippen LogP contribution in [0.3, 0.4) is 0 Å². The Labute approximate surface area is 114 Å². The number of nitrogens with two attached hydrogens (primary N) is 1. The van der Waals surface area contributed by atoms with Crippen LogP contribution in [0.4, 0.5) is 5.69 Å². The summed E-state index contributed by atoms with van der Waals surface area (Å²) < 4.78 is 2.14. The van der Waals surface area contributed by atoms with E-state index in [4.69, 9.17) is 17.3 Å². The highest BCUT2D eigenvalue weighted by molar-refractivity contribution is 7.14. The molecule has 0 aliphatic carbocycles. The van der Waals surface area contributed by atoms with Gasteiger partial charge in [0, 0.05) is 11.6 Å². The van der Waals surface area contributed by atoms with E-state index in [0.29, 0.717) is 0 Å². The van der Waals surface area contributed by atoms with Gasteiger partial charge in [-0.15, -0.1) is 11.3 Å². The molecule has 3 rings (SSSR count). The minimum Gasteiger partial charge on any atom is -0.397 e. The molecule has 2 heterocycles. The van der Waals surface area contributed by atoms with Gasteiger partial charge in [-0.3, -0.25) is 0 Å². The van der Waals surface area contributed by atoms with E-state index in [-0.39, 0.29) is 0 Å². The number of aromatic nitrogens is 2. The van der Waals surface area contributed by atoms with Crippen LogP contribution in [0.15, 0.2) is 29.6 Å². The molecular weight excluding hydrogens is 266 g/mol. The Hall–Kier alpha value is -1.52. The maximum Gasteiger partial charge on any atom is 0.153 e. The van der Waals surface area contributed by atoms with Gasteiger partial charge in [0.05, 0.1) is 21.6 Å². The maximum absolute atomic E-state index is 6.05. The number of rotatable bonds is 2. The van der Waals surface area contributed by atoms with Crippen LogP contribution in [0.2, 0.25) is 5.02 Å². The van der Waals surface area contributed by atoms with Gasteiger partial charge in [0.15, 0.2) is 5.82 Å². The Morgan fingerprint density at radius 2 is 2.22 bits per heavy atom. The maximum atomic E-state index is 6.05. The molecule has 0 saturated carbocycles. The molecule has 0 unspecified atom stereocenters. The van der Waals surface area contributed by atoms with Crippen LogP contribution in [0.5, 0.6) is 0 Å². The standard InChI is InChI=1S/C13H12ClN3S/c1-2-17-11-7-8(14)3-4-10(11)16-13(17)12-9(15)5-6-18-12/h3-7H,2,15H2,1H3. The van der Waals surface area contributed by atoms with E-state index in [1.165, 1.54) is 0 Å². The zero-order chi connectivity index (χ0) is 12.7. The van der Waals surface area contributed by atoms with Crippen LogP contribution in [-0.4, -0.2) is 9.55 Å². The third-order valence-corrected chi connectivity index (χ3v) is 4.09. The van der Waals surface area contributed by atoms with E-state index < -0.39 is 0 Å². The number of halogens is 1. The molecule has 0 radical (unpaired) electrons. The van der Waals surface area contributed by atoms with E-state index in [0.717, 1.165) is 39.0 Å². The molecule has 2 N–H and O–H groups in total. The van der Waals surface area contributed by atoms with E-state index >= 15 is 0 Å². The smallest absolute Gasteiger partial charge is 0.153 e. The number of thiophene rings is 1. The van der Waals surface area contributed by atoms with Crippen LogP contribution in [0, 0.1) is 0 Å². The number of nitrogen functional groups attached to an aromatic ring is 1. The van der Waals surface area contributed by atoms with Crippen molar-refractivity contribution in [1.82, 2.24) is 9.55 Å². The molecule has 2 aromatic heterocycles. The largest absolute Gasteiger partial charge is 0.397 e. The van der Waals surface area contributed by atoms with E-state index in [2.05, 4.69) is 16.5 Å². The Bertz CT molecular complexity index is 714. The van der Waals surface area contributed by atoms with Crippen molar-refractivity contribution in [1.29, 1.82) is 0 Å². The molecule has 92 valence electrons. The third kappa shape index (κ3) is 1.69. The van der Waals surface area contributed by atoms with Gasteiger partial charge in [0.25, 0.3) is 0 Å². The van der Waals surface area contributed by atoms with Gasteiger partial charge in [-0.2, -0.15) is 0 Å². The fourth-order valence-electron chi connectivity index (χ4n) is 2.09. The second-order valence-electron chi connectivity index (χ2n) is 4.02. The Morgan fingerprint density at radius 1 is 1.39 bits per heavy atom. The van der Waals surface area contributed by atoms with Gasteiger partial charge in [-0.25, -0.2) is 4.98 Å². The van der Waals surface area contributed by atoms with Crippen molar-refractivity contribution in [3.8, 4) is 10.7 Å². The predicted octanol–water partition coefficient (Wildman–Crippen LogP) is 4.02. The molecule has 0 spiro atoms. The summed E-state index contributed by atoms with van der Waals surface area (Å²) in [5.74, 6) is 0.919. The summed E-state index contributed by atoms with van der Waals surface area (Å²) in [6, 6.07) is 7.66. The molecule has 0 amide bonds. The number of imidazole rings is 1. The number of hydrogen-bond donors (Lipinski definition) is 1. The summed E-state index contributed by atoms with van der Waals surface area (Å²) in [6.07, 6.45) is 0. The van der Waals surface area contributed by atoms with Crippen molar-refractivity contribution in [2.24, 2.45) is 0 Å². The van der Waals surface area contributed by atoms with Crippen molar-refractivity contribution in [2.45, 2.75) is 13.5 Å². The van der Waals surface area contributed by atoms with Crippen LogP contribution in [0.25, 0.3) is 21.7 Å². The molecule has 1 aromatic carbocycles. The number of nitrogens with zero attached hydrogens (tertiary/aromatic N) is 2. The molecule has 0 saturated heterocycles. The summed E-state index contributed by atoms with van der Waals surface area (Å²) in [5, 5.41) is 2.71. The lowest BCUT2D eigenvalue weighted by molar-refractivity contribution is 0.798. The number of aryl methyl sites for hydroxylation is 1. The Morgan fingerprint density at radius 3 is 2.89 bits per heavy atom. The van der Waals surface area contributed by atoms with Crippen molar-refractivity contribution < 1.29 is 0 Å². The van der Waals surface area contributed by atoms with Gasteiger partial charge in [0.1, 0.15) is 0 Å². The molecule has 0 bridgehead atoms. The van der Waals surface area contributed by atoms with Crippen molar-refractivity contribution in [3.05, 3.63) is 34.7 Å². The summed E-state index contributed by atoms with van der Waals surface area (Å²) in [7, 11) is 0. The second kappa shape index (κ2) is 4.30. The highest BCUT2D eigenvalue weighted by Gasteiger charge is 2.14. The van der Waals surface area contributed by atoms with Crippen LogP contribution in [0.1, 0.15) is 6.92 Å². The molecular formula is C13H12ClN3S. The SMILES string of the molecule is CCn1c(-c2sccc2N)nc2ccc(Cl)cc21. The fourth-order valence-corrected chi connectivity index (χ4v) is 3.07. The summed E-state index contributed by atoms with van der Waals surface area (Å²) >= 11 is 7.66. The quantitative estimate of drug-likeness (QED) is 0.769. The summed E-state index contributed by atoms with van der Waals surface area (Å²) in [5.41, 5.74) is 8.75. The second-order valence-corrected chi connectivity index (χ2v) is 5.37. The average Bonchev–Trinajstić information content (AvgIpc) is 2.91. The van der Waals surface area contributed by atoms with Gasteiger partial charge >= 0.3 is 0 Å². The third-order valence-electron chi connectivity index (χ3n) is 2.93. The average molecular weight is 278 g/mol. The lowest BCUT2D eigenvalue weighted by Gasteiger charge is -2.05. The monoisotopic (exact) mass is 277 g/mol. The first-order valence-electron chi connectivity index (χ1n) is 5.70. The molecule has 0 atom stereocenters. The van der Waals surface area contributed by atoms with Crippen LogP contribution >= 0.6 is 22.9 Å². The first-order chi connectivity index (χ1) is 8.70. The predicted molar refractivity (Wildman–Crippen MR) is 78.1 cm³/mol. The summed E-state index contributed by atoms with van der Waals surface area (Å²) in [6.45, 7) is 2.93.